The average molecular weight is 279 g/mol. The van der Waals surface area contributed by atoms with E-state index in [1.807, 2.05) is 24.3 Å². The normalized spacial score (nSPS) is 10.9. The molecule has 0 aliphatic heterocycles. The Balaban J connectivity index is 2.30. The van der Waals surface area contributed by atoms with E-state index in [1.165, 1.54) is 17.3 Å². The lowest BCUT2D eigenvalue weighted by atomic mass is 10.1. The van der Waals surface area contributed by atoms with E-state index in [4.69, 9.17) is 0 Å². The third-order valence-electron chi connectivity index (χ3n) is 3.34. The molecule has 0 aromatic heterocycles. The van der Waals surface area contributed by atoms with Crippen LogP contribution < -0.4 is 0 Å². The second-order valence-corrected chi connectivity index (χ2v) is 5.63. The summed E-state index contributed by atoms with van der Waals surface area (Å²) in [6, 6.07) is 7.98. The van der Waals surface area contributed by atoms with Gasteiger partial charge >= 0.3 is 0 Å². The minimum atomic E-state index is 0.196. The third kappa shape index (κ3) is 5.79. The van der Waals surface area contributed by atoms with Crippen LogP contribution in [0.3, 0.4) is 0 Å². The van der Waals surface area contributed by atoms with Gasteiger partial charge in [0.25, 0.3) is 0 Å². The fraction of sp³-hybridized carbons (Fsp3) is 0.562. The Kier molecular flexibility index (Phi) is 7.84. The van der Waals surface area contributed by atoms with Gasteiger partial charge in [-0.15, -0.1) is 0 Å². The van der Waals surface area contributed by atoms with Gasteiger partial charge in [-0.3, -0.25) is 4.79 Å². The number of carbonyl (C=O) groups is 1. The maximum atomic E-state index is 12.0. The van der Waals surface area contributed by atoms with Crippen LogP contribution in [0.15, 0.2) is 24.3 Å². The van der Waals surface area contributed by atoms with Crippen LogP contribution in [0.1, 0.15) is 43.1 Å². The van der Waals surface area contributed by atoms with Crippen molar-refractivity contribution in [1.82, 2.24) is 4.90 Å². The van der Waals surface area contributed by atoms with Crippen LogP contribution in [0.2, 0.25) is 0 Å². The highest BCUT2D eigenvalue weighted by Crippen LogP contribution is 2.14. The van der Waals surface area contributed by atoms with Gasteiger partial charge in [0.1, 0.15) is 0 Å². The van der Waals surface area contributed by atoms with Crippen LogP contribution in [-0.2, 0) is 6.42 Å². The lowest BCUT2D eigenvalue weighted by Crippen LogP contribution is -2.24. The van der Waals surface area contributed by atoms with Crippen LogP contribution in [0.4, 0.5) is 0 Å². The number of hydrogen-bond donors (Lipinski definition) is 0. The molecule has 0 heterocycles. The molecule has 0 bridgehead atoms. The van der Waals surface area contributed by atoms with Gasteiger partial charge in [0.15, 0.2) is 0 Å². The molecule has 0 atom stereocenters. The molecular weight excluding hydrogens is 254 g/mol. The largest absolute Gasteiger partial charge is 0.304 e. The van der Waals surface area contributed by atoms with Gasteiger partial charge in [-0.2, -0.15) is 0 Å². The molecular formula is C16H25NOS. The standard InChI is InChI=1S/C16H25NOS/c1-4-14-8-10-15(11-9-14)16(18)19-13-7-12-17(5-2)6-3/h8-11H,4-7,12-13H2,1-3H3. The maximum Gasteiger partial charge on any atom is 0.219 e. The van der Waals surface area contributed by atoms with E-state index in [1.54, 1.807) is 0 Å². The Morgan fingerprint density at radius 2 is 1.74 bits per heavy atom. The monoisotopic (exact) mass is 279 g/mol. The molecule has 1 aromatic rings. The van der Waals surface area contributed by atoms with Gasteiger partial charge in [0, 0.05) is 11.3 Å². The van der Waals surface area contributed by atoms with Crippen molar-refractivity contribution in [1.29, 1.82) is 0 Å². The molecule has 0 amide bonds. The van der Waals surface area contributed by atoms with Gasteiger partial charge in [0.05, 0.1) is 0 Å². The first-order valence-electron chi connectivity index (χ1n) is 7.19. The average Bonchev–Trinajstić information content (AvgIpc) is 2.47. The van der Waals surface area contributed by atoms with Crippen molar-refractivity contribution in [3.63, 3.8) is 0 Å². The van der Waals surface area contributed by atoms with Crippen molar-refractivity contribution >= 4 is 16.9 Å². The fourth-order valence-electron chi connectivity index (χ4n) is 1.95. The molecule has 19 heavy (non-hydrogen) atoms. The zero-order chi connectivity index (χ0) is 14.1. The summed E-state index contributed by atoms with van der Waals surface area (Å²) in [5, 5.41) is 0.196. The summed E-state index contributed by atoms with van der Waals surface area (Å²) in [5.74, 6) is 0.908. The summed E-state index contributed by atoms with van der Waals surface area (Å²) < 4.78 is 0. The van der Waals surface area contributed by atoms with Crippen molar-refractivity contribution in [2.45, 2.75) is 33.6 Å². The number of aryl methyl sites for hydroxylation is 1. The zero-order valence-corrected chi connectivity index (χ0v) is 13.1. The summed E-state index contributed by atoms with van der Waals surface area (Å²) in [4.78, 5) is 14.4. The van der Waals surface area contributed by atoms with Gasteiger partial charge in [-0.05, 0) is 38.0 Å². The van der Waals surface area contributed by atoms with E-state index >= 15 is 0 Å². The SMILES string of the molecule is CCc1ccc(C(=O)SCCCN(CC)CC)cc1. The molecule has 0 fully saturated rings. The molecule has 1 aromatic carbocycles. The minimum absolute atomic E-state index is 0.196. The molecule has 106 valence electrons. The van der Waals surface area contributed by atoms with E-state index in [9.17, 15) is 4.79 Å². The second-order valence-electron chi connectivity index (χ2n) is 4.57. The summed E-state index contributed by atoms with van der Waals surface area (Å²) in [6.07, 6.45) is 2.09. The van der Waals surface area contributed by atoms with E-state index < -0.39 is 0 Å². The minimum Gasteiger partial charge on any atom is -0.304 e. The van der Waals surface area contributed by atoms with Crippen molar-refractivity contribution in [2.75, 3.05) is 25.4 Å². The third-order valence-corrected chi connectivity index (χ3v) is 4.33. The summed E-state index contributed by atoms with van der Waals surface area (Å²) >= 11 is 1.44. The van der Waals surface area contributed by atoms with Gasteiger partial charge in [-0.1, -0.05) is 56.8 Å². The highest BCUT2D eigenvalue weighted by molar-refractivity contribution is 8.14. The van der Waals surface area contributed by atoms with Crippen LogP contribution >= 0.6 is 11.8 Å². The summed E-state index contributed by atoms with van der Waals surface area (Å²) in [7, 11) is 0. The van der Waals surface area contributed by atoms with Crippen LogP contribution in [0, 0.1) is 0 Å². The Labute approximate surface area is 121 Å². The maximum absolute atomic E-state index is 12.0. The molecule has 0 spiro atoms. The Bertz CT molecular complexity index is 371. The molecule has 3 heteroatoms. The van der Waals surface area contributed by atoms with Crippen LogP contribution in [-0.4, -0.2) is 35.4 Å². The van der Waals surface area contributed by atoms with Crippen LogP contribution in [0.25, 0.3) is 0 Å². The number of nitrogens with zero attached hydrogens (tertiary/aromatic N) is 1. The van der Waals surface area contributed by atoms with Crippen molar-refractivity contribution < 1.29 is 4.79 Å². The predicted molar refractivity (Wildman–Crippen MR) is 85.0 cm³/mol. The van der Waals surface area contributed by atoms with Gasteiger partial charge in [0.2, 0.25) is 5.12 Å². The Morgan fingerprint density at radius 1 is 1.11 bits per heavy atom. The highest BCUT2D eigenvalue weighted by atomic mass is 32.2. The van der Waals surface area contributed by atoms with Gasteiger partial charge < -0.3 is 4.90 Å². The lowest BCUT2D eigenvalue weighted by Gasteiger charge is -2.17. The molecule has 0 unspecified atom stereocenters. The highest BCUT2D eigenvalue weighted by Gasteiger charge is 2.06. The first-order chi connectivity index (χ1) is 9.21. The zero-order valence-electron chi connectivity index (χ0n) is 12.3. The van der Waals surface area contributed by atoms with E-state index in [0.29, 0.717) is 0 Å². The van der Waals surface area contributed by atoms with Gasteiger partial charge in [-0.25, -0.2) is 0 Å². The first kappa shape index (κ1) is 16.3. The van der Waals surface area contributed by atoms with E-state index in [0.717, 1.165) is 43.8 Å². The molecule has 0 radical (unpaired) electrons. The van der Waals surface area contributed by atoms with Crippen LogP contribution in [0.5, 0.6) is 0 Å². The predicted octanol–water partition coefficient (Wildman–Crippen LogP) is 3.85. The number of hydrogen-bond acceptors (Lipinski definition) is 3. The molecule has 0 saturated heterocycles. The lowest BCUT2D eigenvalue weighted by molar-refractivity contribution is 0.108. The number of benzene rings is 1. The molecule has 0 N–H and O–H groups in total. The molecule has 1 rings (SSSR count). The Hall–Kier alpha value is -0.800. The molecule has 2 nitrogen and oxygen atoms in total. The van der Waals surface area contributed by atoms with E-state index in [-0.39, 0.29) is 5.12 Å². The van der Waals surface area contributed by atoms with Crippen molar-refractivity contribution in [3.8, 4) is 0 Å². The topological polar surface area (TPSA) is 20.3 Å². The second kappa shape index (κ2) is 9.16. The Morgan fingerprint density at radius 3 is 2.26 bits per heavy atom. The fourth-order valence-corrected chi connectivity index (χ4v) is 2.71. The smallest absolute Gasteiger partial charge is 0.219 e. The molecule has 0 aliphatic rings. The number of thioether (sulfide) groups is 1. The molecule has 0 aliphatic carbocycles. The quantitative estimate of drug-likeness (QED) is 0.674. The van der Waals surface area contributed by atoms with Crippen molar-refractivity contribution in [3.05, 3.63) is 35.4 Å². The summed E-state index contributed by atoms with van der Waals surface area (Å²) in [5.41, 5.74) is 2.10. The number of carbonyl (C=O) groups excluding carboxylic acids is 1. The first-order valence-corrected chi connectivity index (χ1v) is 8.18. The summed E-state index contributed by atoms with van der Waals surface area (Å²) in [6.45, 7) is 9.75. The molecule has 0 saturated carbocycles. The number of rotatable bonds is 8. The van der Waals surface area contributed by atoms with E-state index in [2.05, 4.69) is 25.7 Å². The van der Waals surface area contributed by atoms with Crippen molar-refractivity contribution in [2.24, 2.45) is 0 Å².